The number of aryl methyl sites for hydroxylation is 1. The number of alkyl halides is 3. The van der Waals surface area contributed by atoms with Gasteiger partial charge in [-0.2, -0.15) is 18.2 Å². The van der Waals surface area contributed by atoms with Crippen molar-refractivity contribution in [3.63, 3.8) is 0 Å². The van der Waals surface area contributed by atoms with Crippen LogP contribution in [0.2, 0.25) is 0 Å². The highest BCUT2D eigenvalue weighted by atomic mass is 31.2. The number of aromatic nitrogens is 2. The second kappa shape index (κ2) is 14.6. The summed E-state index contributed by atoms with van der Waals surface area (Å²) in [7, 11) is -5.43. The number of carbonyl (C=O) groups is 1. The maximum atomic E-state index is 13.3. The number of nitrogens with zero attached hydrogens (tertiary/aromatic N) is 3. The number of morpholine rings is 1. The minimum atomic E-state index is -5.43. The van der Waals surface area contributed by atoms with Crippen molar-refractivity contribution in [1.82, 2.24) is 9.97 Å². The highest BCUT2D eigenvalue weighted by molar-refractivity contribution is 7.43. The van der Waals surface area contributed by atoms with E-state index >= 15 is 0 Å². The van der Waals surface area contributed by atoms with Gasteiger partial charge in [-0.05, 0) is 53.9 Å². The van der Waals surface area contributed by atoms with Crippen LogP contribution in [0.5, 0.6) is 5.88 Å². The Morgan fingerprint density at radius 2 is 1.68 bits per heavy atom. The molecule has 1 amide bonds. The molecule has 4 rings (SSSR count). The van der Waals surface area contributed by atoms with Crippen LogP contribution in [0.25, 0.3) is 11.1 Å². The van der Waals surface area contributed by atoms with Crippen LogP contribution in [-0.2, 0) is 20.0 Å². The van der Waals surface area contributed by atoms with Gasteiger partial charge in [-0.3, -0.25) is 9.78 Å². The molecule has 3 aromatic rings. The molecule has 0 spiro atoms. The summed E-state index contributed by atoms with van der Waals surface area (Å²) in [6.45, 7) is 13.7. The summed E-state index contributed by atoms with van der Waals surface area (Å²) in [5.74, 6) is -0.257. The van der Waals surface area contributed by atoms with Crippen molar-refractivity contribution in [2.75, 3.05) is 43.1 Å². The number of benzene rings is 1. The molecule has 1 saturated heterocycles. The zero-order valence-electron chi connectivity index (χ0n) is 29.0. The lowest BCUT2D eigenvalue weighted by atomic mass is 9.59. The number of hydrogen-bond donors (Lipinski definition) is 2. The van der Waals surface area contributed by atoms with Gasteiger partial charge in [0.15, 0.2) is 0 Å². The third-order valence-electron chi connectivity index (χ3n) is 8.60. The molecule has 1 aliphatic rings. The van der Waals surface area contributed by atoms with Crippen LogP contribution in [0.1, 0.15) is 63.2 Å². The van der Waals surface area contributed by atoms with E-state index < -0.39 is 60.3 Å². The third kappa shape index (κ3) is 9.00. The summed E-state index contributed by atoms with van der Waals surface area (Å²) in [5, 5.41) is 14.2. The number of aliphatic hydroxyl groups is 1. The fourth-order valence-corrected chi connectivity index (χ4v) is 6.86. The van der Waals surface area contributed by atoms with E-state index in [1.165, 1.54) is 0 Å². The maximum absolute atomic E-state index is 13.3. The van der Waals surface area contributed by atoms with Gasteiger partial charge in [0.25, 0.3) is 5.91 Å². The Balaban J connectivity index is 1.81. The Morgan fingerprint density at radius 3 is 2.26 bits per heavy atom. The standard InChI is InChI=1S/C34H44F3N4O8P/c1-21-8-9-24(39-30(43)26-18-23(10-11-38-26)34(35,36)37)19-25(21)22-16-28(41-12-14-47-15-13-41)40-29(17-22)49-33(31(2,3)4,32(5,6)7)27(42)20-48-50(44,45)46/h8-11,16-19,27,42H,12-15,20H2,1-7H3,(H,39,43)(H2,44,45,46)/p-2/t27-/m1/s1. The second-order valence-electron chi connectivity index (χ2n) is 14.2. The van der Waals surface area contributed by atoms with Gasteiger partial charge in [0.2, 0.25) is 5.88 Å². The molecule has 1 aromatic carbocycles. The molecule has 1 atom stereocenters. The number of ether oxygens (including phenoxy) is 2. The molecule has 2 aromatic heterocycles. The molecule has 1 fully saturated rings. The number of carbonyl (C=O) groups excluding carboxylic acids is 1. The molecule has 274 valence electrons. The number of phosphoric acid groups is 1. The van der Waals surface area contributed by atoms with E-state index in [1.807, 2.05) is 17.9 Å². The molecule has 0 unspecified atom stereocenters. The molecule has 1 aliphatic heterocycles. The molecule has 3 heterocycles. The monoisotopic (exact) mass is 722 g/mol. The highest BCUT2D eigenvalue weighted by Gasteiger charge is 2.58. The summed E-state index contributed by atoms with van der Waals surface area (Å²) in [4.78, 5) is 46.4. The van der Waals surface area contributed by atoms with Crippen molar-refractivity contribution >= 4 is 25.2 Å². The Hall–Kier alpha value is -3.59. The lowest BCUT2D eigenvalue weighted by molar-refractivity contribution is -0.344. The van der Waals surface area contributed by atoms with Gasteiger partial charge in [-0.1, -0.05) is 47.6 Å². The predicted molar refractivity (Wildman–Crippen MR) is 176 cm³/mol. The molecule has 0 aliphatic carbocycles. The van der Waals surface area contributed by atoms with Crippen molar-refractivity contribution in [1.29, 1.82) is 0 Å². The van der Waals surface area contributed by atoms with Gasteiger partial charge in [-0.15, -0.1) is 0 Å². The molecule has 16 heteroatoms. The predicted octanol–water partition coefficient (Wildman–Crippen LogP) is 4.98. The topological polar surface area (TPSA) is 169 Å². The van der Waals surface area contributed by atoms with Crippen molar-refractivity contribution in [2.45, 2.75) is 66.3 Å². The van der Waals surface area contributed by atoms with Crippen LogP contribution in [0.4, 0.5) is 24.7 Å². The van der Waals surface area contributed by atoms with Crippen LogP contribution in [0.15, 0.2) is 48.7 Å². The minimum absolute atomic E-state index is 0.0716. The molecule has 0 radical (unpaired) electrons. The summed E-state index contributed by atoms with van der Waals surface area (Å²) in [6, 6.07) is 9.92. The number of pyridine rings is 2. The molecule has 0 bridgehead atoms. The number of phosphoric ester groups is 1. The third-order valence-corrected chi connectivity index (χ3v) is 9.07. The van der Waals surface area contributed by atoms with Crippen molar-refractivity contribution in [3.8, 4) is 17.0 Å². The lowest BCUT2D eigenvalue weighted by Gasteiger charge is -2.55. The minimum Gasteiger partial charge on any atom is -0.790 e. The smallest absolute Gasteiger partial charge is 0.416 e. The molecule has 12 nitrogen and oxygen atoms in total. The van der Waals surface area contributed by atoms with E-state index in [-0.39, 0.29) is 11.6 Å². The van der Waals surface area contributed by atoms with Gasteiger partial charge in [0.05, 0.1) is 33.2 Å². The number of anilines is 2. The number of amides is 1. The fraction of sp³-hybridized carbons (Fsp3) is 0.500. The Kier molecular flexibility index (Phi) is 11.4. The van der Waals surface area contributed by atoms with Crippen LogP contribution in [0, 0.1) is 17.8 Å². The summed E-state index contributed by atoms with van der Waals surface area (Å²) in [6.07, 6.45) is -5.34. The average molecular weight is 723 g/mol. The summed E-state index contributed by atoms with van der Waals surface area (Å²) >= 11 is 0. The van der Waals surface area contributed by atoms with E-state index in [4.69, 9.17) is 14.5 Å². The number of nitrogens with one attached hydrogen (secondary N) is 1. The van der Waals surface area contributed by atoms with Gasteiger partial charge in [0.1, 0.15) is 23.2 Å². The molecule has 50 heavy (non-hydrogen) atoms. The van der Waals surface area contributed by atoms with Gasteiger partial charge < -0.3 is 43.7 Å². The number of halogens is 3. The van der Waals surface area contributed by atoms with E-state index in [9.17, 15) is 37.4 Å². The first-order valence-corrected chi connectivity index (χ1v) is 17.3. The highest BCUT2D eigenvalue weighted by Crippen LogP contribution is 2.50. The summed E-state index contributed by atoms with van der Waals surface area (Å²) in [5.41, 5.74) is -2.50. The number of aliphatic hydroxyl groups excluding tert-OH is 1. The molecular weight excluding hydrogens is 680 g/mol. The zero-order chi connectivity index (χ0) is 37.3. The lowest BCUT2D eigenvalue weighted by Crippen LogP contribution is -2.66. The van der Waals surface area contributed by atoms with Crippen LogP contribution in [0.3, 0.4) is 0 Å². The quantitative estimate of drug-likeness (QED) is 0.271. The average Bonchev–Trinajstić information content (AvgIpc) is 3.01. The normalized spacial score (nSPS) is 15.5. The van der Waals surface area contributed by atoms with Gasteiger partial charge >= 0.3 is 6.18 Å². The Morgan fingerprint density at radius 1 is 1.04 bits per heavy atom. The van der Waals surface area contributed by atoms with Crippen molar-refractivity contribution < 1.29 is 51.4 Å². The molecule has 0 saturated carbocycles. The Bertz CT molecular complexity index is 1720. The first-order valence-electron chi connectivity index (χ1n) is 15.9. The van der Waals surface area contributed by atoms with E-state index in [1.54, 1.807) is 65.8 Å². The molecular formula is C34H42F3N4O8P-2. The van der Waals surface area contributed by atoms with Crippen molar-refractivity contribution in [3.05, 3.63) is 65.5 Å². The maximum Gasteiger partial charge on any atom is 0.416 e. The van der Waals surface area contributed by atoms with Gasteiger partial charge in [-0.25, -0.2) is 0 Å². The summed E-state index contributed by atoms with van der Waals surface area (Å²) < 4.78 is 68.0. The van der Waals surface area contributed by atoms with Crippen LogP contribution in [-0.4, -0.2) is 65.6 Å². The van der Waals surface area contributed by atoms with E-state index in [0.29, 0.717) is 49.3 Å². The SMILES string of the molecule is Cc1ccc(NC(=O)c2cc(C(F)(F)F)ccn2)cc1-c1cc(OC([C@H](O)COP(=O)([O-])[O-])(C(C)(C)C)C(C)(C)C)nc(N2CCOCC2)c1. The largest absolute Gasteiger partial charge is 0.790 e. The van der Waals surface area contributed by atoms with Crippen LogP contribution < -0.4 is 24.7 Å². The van der Waals surface area contributed by atoms with Crippen molar-refractivity contribution in [2.24, 2.45) is 10.8 Å². The van der Waals surface area contributed by atoms with E-state index in [0.717, 1.165) is 17.8 Å². The fourth-order valence-electron chi connectivity index (χ4n) is 6.53. The van der Waals surface area contributed by atoms with Gasteiger partial charge in [0, 0.05) is 41.9 Å². The zero-order valence-corrected chi connectivity index (χ0v) is 29.9. The second-order valence-corrected chi connectivity index (χ2v) is 15.3. The van der Waals surface area contributed by atoms with Crippen LogP contribution >= 0.6 is 7.82 Å². The molecule has 2 N–H and O–H groups in total. The first-order chi connectivity index (χ1) is 23.0. The first kappa shape index (κ1) is 39.2. The number of rotatable bonds is 10. The van der Waals surface area contributed by atoms with E-state index in [2.05, 4.69) is 14.8 Å². The Labute approximate surface area is 289 Å². The number of hydrogen-bond acceptors (Lipinski definition) is 11.